The van der Waals surface area contributed by atoms with Crippen molar-refractivity contribution in [2.75, 3.05) is 13.5 Å². The summed E-state index contributed by atoms with van der Waals surface area (Å²) in [6.45, 7) is 3.03. The molecule has 0 radical (unpaired) electrons. The summed E-state index contributed by atoms with van der Waals surface area (Å²) in [5.74, 6) is 0.828. The molecular weight excluding hydrogens is 236 g/mol. The van der Waals surface area contributed by atoms with Gasteiger partial charge in [-0.15, -0.1) is 0 Å². The minimum atomic E-state index is -0.159. The molecule has 0 saturated heterocycles. The van der Waals surface area contributed by atoms with Crippen LogP contribution in [0.15, 0.2) is 24.3 Å². The van der Waals surface area contributed by atoms with Gasteiger partial charge in [0, 0.05) is 19.9 Å². The van der Waals surface area contributed by atoms with Crippen molar-refractivity contribution < 1.29 is 19.1 Å². The van der Waals surface area contributed by atoms with Gasteiger partial charge in [0.15, 0.2) is 13.5 Å². The van der Waals surface area contributed by atoms with E-state index in [1.165, 1.54) is 13.8 Å². The van der Waals surface area contributed by atoms with Crippen LogP contribution in [0.5, 0.6) is 11.5 Å². The molecule has 2 N–H and O–H groups in total. The number of amides is 2. The van der Waals surface area contributed by atoms with Crippen molar-refractivity contribution in [2.24, 2.45) is 0 Å². The lowest BCUT2D eigenvalue weighted by atomic mass is 10.3. The third-order valence-electron chi connectivity index (χ3n) is 1.93. The van der Waals surface area contributed by atoms with Gasteiger partial charge in [0.05, 0.1) is 0 Å². The van der Waals surface area contributed by atoms with Crippen LogP contribution in [0, 0.1) is 0 Å². The summed E-state index contributed by atoms with van der Waals surface area (Å²) in [5.41, 5.74) is 0. The molecule has 6 heteroatoms. The van der Waals surface area contributed by atoms with E-state index in [-0.39, 0.29) is 25.3 Å². The lowest BCUT2D eigenvalue weighted by Gasteiger charge is -2.09. The van der Waals surface area contributed by atoms with Crippen molar-refractivity contribution in [3.63, 3.8) is 0 Å². The standard InChI is InChI=1S/C12H16N2O4/c1-9(15)13-7-17-11-4-3-5-12(6-11)18-8-14-10(2)16/h3-6H,7-8H2,1-2H3,(H,13,15)(H,14,16). The molecule has 1 aromatic rings. The first-order valence-electron chi connectivity index (χ1n) is 5.42. The van der Waals surface area contributed by atoms with E-state index in [2.05, 4.69) is 10.6 Å². The van der Waals surface area contributed by atoms with E-state index in [0.717, 1.165) is 0 Å². The van der Waals surface area contributed by atoms with Gasteiger partial charge in [-0.3, -0.25) is 9.59 Å². The summed E-state index contributed by atoms with van der Waals surface area (Å²) in [5, 5.41) is 5.03. The van der Waals surface area contributed by atoms with Gasteiger partial charge in [-0.25, -0.2) is 0 Å². The first kappa shape index (κ1) is 13.8. The fourth-order valence-corrected chi connectivity index (χ4v) is 1.10. The Hall–Kier alpha value is -2.24. The summed E-state index contributed by atoms with van der Waals surface area (Å²) in [6, 6.07) is 6.91. The van der Waals surface area contributed by atoms with Gasteiger partial charge in [0.25, 0.3) is 0 Å². The molecule has 0 aromatic heterocycles. The fourth-order valence-electron chi connectivity index (χ4n) is 1.10. The molecule has 0 aliphatic heterocycles. The number of benzene rings is 1. The highest BCUT2D eigenvalue weighted by molar-refractivity contribution is 5.72. The van der Waals surface area contributed by atoms with Gasteiger partial charge in [-0.2, -0.15) is 0 Å². The van der Waals surface area contributed by atoms with Crippen molar-refractivity contribution in [3.8, 4) is 11.5 Å². The molecular formula is C12H16N2O4. The second-order valence-electron chi connectivity index (χ2n) is 3.52. The molecule has 0 aliphatic carbocycles. The van der Waals surface area contributed by atoms with Crippen molar-refractivity contribution >= 4 is 11.8 Å². The third kappa shape index (κ3) is 5.74. The third-order valence-corrected chi connectivity index (χ3v) is 1.93. The first-order chi connectivity index (χ1) is 8.58. The molecule has 1 rings (SSSR count). The van der Waals surface area contributed by atoms with E-state index < -0.39 is 0 Å². The molecule has 0 atom stereocenters. The Morgan fingerprint density at radius 1 is 1.00 bits per heavy atom. The van der Waals surface area contributed by atoms with Crippen LogP contribution < -0.4 is 20.1 Å². The zero-order chi connectivity index (χ0) is 13.4. The SMILES string of the molecule is CC(=O)NCOc1cccc(OCNC(C)=O)c1. The van der Waals surface area contributed by atoms with Crippen molar-refractivity contribution in [1.82, 2.24) is 10.6 Å². The number of carbonyl (C=O) groups excluding carboxylic acids is 2. The summed E-state index contributed by atoms with van der Waals surface area (Å²) < 4.78 is 10.6. The number of hydrogen-bond donors (Lipinski definition) is 2. The second-order valence-corrected chi connectivity index (χ2v) is 3.52. The summed E-state index contributed by atoms with van der Waals surface area (Å²) in [6.07, 6.45) is 0. The number of rotatable bonds is 6. The van der Waals surface area contributed by atoms with Crippen molar-refractivity contribution in [2.45, 2.75) is 13.8 Å². The summed E-state index contributed by atoms with van der Waals surface area (Å²) in [4.78, 5) is 21.3. The monoisotopic (exact) mass is 252 g/mol. The topological polar surface area (TPSA) is 76.7 Å². The Bertz CT molecular complexity index is 385. The predicted molar refractivity (Wildman–Crippen MR) is 65.1 cm³/mol. The molecule has 0 saturated carbocycles. The van der Waals surface area contributed by atoms with Gasteiger partial charge in [-0.1, -0.05) is 6.07 Å². The Kier molecular flexibility index (Phi) is 5.50. The highest BCUT2D eigenvalue weighted by Gasteiger charge is 1.99. The Morgan fingerprint density at radius 2 is 1.44 bits per heavy atom. The van der Waals surface area contributed by atoms with Gasteiger partial charge in [0.1, 0.15) is 11.5 Å². The fraction of sp³-hybridized carbons (Fsp3) is 0.333. The largest absolute Gasteiger partial charge is 0.473 e. The quantitative estimate of drug-likeness (QED) is 0.728. The minimum absolute atomic E-state index is 0.102. The molecule has 0 fully saturated rings. The maximum atomic E-state index is 10.7. The summed E-state index contributed by atoms with van der Waals surface area (Å²) in [7, 11) is 0. The highest BCUT2D eigenvalue weighted by atomic mass is 16.5. The molecule has 0 heterocycles. The maximum Gasteiger partial charge on any atom is 0.219 e. The summed E-state index contributed by atoms with van der Waals surface area (Å²) >= 11 is 0. The predicted octanol–water partition coefficient (Wildman–Crippen LogP) is 0.631. The van der Waals surface area contributed by atoms with E-state index in [4.69, 9.17) is 9.47 Å². The molecule has 1 aromatic carbocycles. The molecule has 6 nitrogen and oxygen atoms in total. The van der Waals surface area contributed by atoms with E-state index in [1.54, 1.807) is 24.3 Å². The normalized spacial score (nSPS) is 9.44. The lowest BCUT2D eigenvalue weighted by molar-refractivity contribution is -0.120. The minimum Gasteiger partial charge on any atom is -0.473 e. The number of nitrogens with one attached hydrogen (secondary N) is 2. The Morgan fingerprint density at radius 3 is 1.83 bits per heavy atom. The first-order valence-corrected chi connectivity index (χ1v) is 5.42. The van der Waals surface area contributed by atoms with Crippen LogP contribution >= 0.6 is 0 Å². The van der Waals surface area contributed by atoms with Gasteiger partial charge >= 0.3 is 0 Å². The van der Waals surface area contributed by atoms with Crippen LogP contribution in [-0.4, -0.2) is 25.3 Å². The van der Waals surface area contributed by atoms with Crippen LogP contribution in [0.1, 0.15) is 13.8 Å². The smallest absolute Gasteiger partial charge is 0.219 e. The van der Waals surface area contributed by atoms with E-state index >= 15 is 0 Å². The molecule has 18 heavy (non-hydrogen) atoms. The van der Waals surface area contributed by atoms with Gasteiger partial charge < -0.3 is 20.1 Å². The van der Waals surface area contributed by atoms with E-state index in [1.807, 2.05) is 0 Å². The molecule has 0 unspecified atom stereocenters. The van der Waals surface area contributed by atoms with Crippen molar-refractivity contribution in [1.29, 1.82) is 0 Å². The van der Waals surface area contributed by atoms with E-state index in [0.29, 0.717) is 11.5 Å². The highest BCUT2D eigenvalue weighted by Crippen LogP contribution is 2.18. The number of carbonyl (C=O) groups is 2. The van der Waals surface area contributed by atoms with Gasteiger partial charge in [0.2, 0.25) is 11.8 Å². The van der Waals surface area contributed by atoms with E-state index in [9.17, 15) is 9.59 Å². The lowest BCUT2D eigenvalue weighted by Crippen LogP contribution is -2.25. The van der Waals surface area contributed by atoms with Gasteiger partial charge in [-0.05, 0) is 12.1 Å². The molecule has 98 valence electrons. The maximum absolute atomic E-state index is 10.7. The zero-order valence-electron chi connectivity index (χ0n) is 10.4. The Labute approximate surface area is 105 Å². The number of hydrogen-bond acceptors (Lipinski definition) is 4. The van der Waals surface area contributed by atoms with Crippen LogP contribution in [0.2, 0.25) is 0 Å². The van der Waals surface area contributed by atoms with Crippen LogP contribution in [0.4, 0.5) is 0 Å². The average Bonchev–Trinajstić information content (AvgIpc) is 2.28. The zero-order valence-corrected chi connectivity index (χ0v) is 10.4. The van der Waals surface area contributed by atoms with Crippen molar-refractivity contribution in [3.05, 3.63) is 24.3 Å². The molecule has 0 spiro atoms. The number of ether oxygens (including phenoxy) is 2. The van der Waals surface area contributed by atoms with Crippen LogP contribution in [0.25, 0.3) is 0 Å². The van der Waals surface area contributed by atoms with Crippen LogP contribution in [-0.2, 0) is 9.59 Å². The van der Waals surface area contributed by atoms with Crippen LogP contribution in [0.3, 0.4) is 0 Å². The molecule has 2 amide bonds. The Balaban J connectivity index is 2.41. The molecule has 0 bridgehead atoms. The molecule has 0 aliphatic rings. The average molecular weight is 252 g/mol. The second kappa shape index (κ2) is 7.16.